The molecule has 0 aromatic heterocycles. The van der Waals surface area contributed by atoms with E-state index in [1.165, 1.54) is 7.11 Å². The third kappa shape index (κ3) is 4.68. The van der Waals surface area contributed by atoms with Crippen LogP contribution < -0.4 is 5.32 Å². The summed E-state index contributed by atoms with van der Waals surface area (Å²) in [5, 5.41) is 12.5. The second-order valence-corrected chi connectivity index (χ2v) is 6.12. The molecular weight excluding hydrogens is 312 g/mol. The highest BCUT2D eigenvalue weighted by molar-refractivity contribution is 5.76. The zero-order valence-electron chi connectivity index (χ0n) is 15.0. The van der Waals surface area contributed by atoms with Crippen LogP contribution in [-0.4, -0.2) is 19.1 Å². The molecule has 1 N–H and O–H groups in total. The number of carbonyl (C=O) groups is 1. The van der Waals surface area contributed by atoms with E-state index < -0.39 is 0 Å². The first kappa shape index (κ1) is 18.7. The summed E-state index contributed by atoms with van der Waals surface area (Å²) in [4.78, 5) is 11.9. The molecule has 0 aliphatic carbocycles. The zero-order valence-corrected chi connectivity index (χ0v) is 15.0. The minimum atomic E-state index is -0.311. The van der Waals surface area contributed by atoms with E-state index in [1.807, 2.05) is 55.5 Å². The molecule has 0 saturated carbocycles. The second-order valence-electron chi connectivity index (χ2n) is 6.12. The molecule has 2 rings (SSSR count). The van der Waals surface area contributed by atoms with Crippen LogP contribution in [0.2, 0.25) is 0 Å². The lowest BCUT2D eigenvalue weighted by Gasteiger charge is -2.22. The largest absolute Gasteiger partial charge is 0.468 e. The van der Waals surface area contributed by atoms with Crippen LogP contribution in [0.15, 0.2) is 48.5 Å². The Bertz CT molecular complexity index is 747. The number of nitriles is 1. The number of benzene rings is 2. The van der Waals surface area contributed by atoms with E-state index in [4.69, 9.17) is 4.74 Å². The van der Waals surface area contributed by atoms with Crippen molar-refractivity contribution in [2.24, 2.45) is 5.92 Å². The van der Waals surface area contributed by atoms with Gasteiger partial charge in [-0.1, -0.05) is 62.7 Å². The summed E-state index contributed by atoms with van der Waals surface area (Å²) in [5.74, 6) is -0.0249. The Morgan fingerprint density at radius 3 is 2.48 bits per heavy atom. The minimum absolute atomic E-state index is 0.203. The van der Waals surface area contributed by atoms with Crippen molar-refractivity contribution in [1.82, 2.24) is 5.32 Å². The van der Waals surface area contributed by atoms with Crippen LogP contribution in [-0.2, 0) is 16.1 Å². The lowest BCUT2D eigenvalue weighted by atomic mass is 9.98. The molecule has 0 amide bonds. The van der Waals surface area contributed by atoms with Gasteiger partial charge in [0.2, 0.25) is 0 Å². The van der Waals surface area contributed by atoms with Gasteiger partial charge >= 0.3 is 5.97 Å². The summed E-state index contributed by atoms with van der Waals surface area (Å²) in [6, 6.07) is 17.5. The van der Waals surface area contributed by atoms with Gasteiger partial charge in [0.15, 0.2) is 0 Å². The maximum absolute atomic E-state index is 11.9. The van der Waals surface area contributed by atoms with Gasteiger partial charge in [0, 0.05) is 6.54 Å². The highest BCUT2D eigenvalue weighted by Gasteiger charge is 2.24. The molecule has 4 nitrogen and oxygen atoms in total. The maximum atomic E-state index is 11.9. The summed E-state index contributed by atoms with van der Waals surface area (Å²) in [5.41, 5.74) is 3.68. The molecule has 130 valence electrons. The number of esters is 1. The fraction of sp³-hybridized carbons (Fsp3) is 0.333. The fourth-order valence-corrected chi connectivity index (χ4v) is 2.74. The molecule has 4 heteroatoms. The lowest BCUT2D eigenvalue weighted by Crippen LogP contribution is -2.42. The number of nitrogens with zero attached hydrogens (tertiary/aromatic N) is 1. The van der Waals surface area contributed by atoms with Gasteiger partial charge in [0.05, 0.1) is 18.7 Å². The van der Waals surface area contributed by atoms with E-state index in [0.29, 0.717) is 12.1 Å². The van der Waals surface area contributed by atoms with Crippen LogP contribution >= 0.6 is 0 Å². The summed E-state index contributed by atoms with van der Waals surface area (Å²) < 4.78 is 4.89. The molecular formula is C21H24N2O2. The topological polar surface area (TPSA) is 62.1 Å². The van der Waals surface area contributed by atoms with Crippen molar-refractivity contribution < 1.29 is 9.53 Å². The summed E-state index contributed by atoms with van der Waals surface area (Å²) >= 11 is 0. The zero-order chi connectivity index (χ0) is 18.2. The number of hydrogen-bond donors (Lipinski definition) is 1. The van der Waals surface area contributed by atoms with Gasteiger partial charge in [0.25, 0.3) is 0 Å². The second kappa shape index (κ2) is 9.00. The molecule has 0 aliphatic heterocycles. The monoisotopic (exact) mass is 336 g/mol. The maximum Gasteiger partial charge on any atom is 0.323 e. The number of ether oxygens (including phenoxy) is 1. The number of nitrogens with one attached hydrogen (secondary N) is 1. The van der Waals surface area contributed by atoms with E-state index in [1.54, 1.807) is 0 Å². The highest BCUT2D eigenvalue weighted by atomic mass is 16.5. The molecule has 2 aromatic rings. The van der Waals surface area contributed by atoms with Crippen molar-refractivity contribution in [3.05, 3.63) is 59.7 Å². The summed E-state index contributed by atoms with van der Waals surface area (Å²) in [6.45, 7) is 4.69. The average Bonchev–Trinajstić information content (AvgIpc) is 2.68. The molecule has 1 unspecified atom stereocenters. The van der Waals surface area contributed by atoms with E-state index in [-0.39, 0.29) is 17.9 Å². The van der Waals surface area contributed by atoms with Crippen LogP contribution in [0.3, 0.4) is 0 Å². The number of carbonyl (C=O) groups excluding carboxylic acids is 1. The first-order valence-electron chi connectivity index (χ1n) is 8.50. The van der Waals surface area contributed by atoms with E-state index in [2.05, 4.69) is 18.3 Å². The van der Waals surface area contributed by atoms with Crippen molar-refractivity contribution in [3.8, 4) is 17.2 Å². The van der Waals surface area contributed by atoms with Crippen molar-refractivity contribution in [1.29, 1.82) is 5.26 Å². The Morgan fingerprint density at radius 2 is 1.88 bits per heavy atom. The Labute approximate surface area is 149 Å². The van der Waals surface area contributed by atoms with Crippen LogP contribution in [0.1, 0.15) is 31.4 Å². The van der Waals surface area contributed by atoms with Gasteiger partial charge in [-0.3, -0.25) is 4.79 Å². The Morgan fingerprint density at radius 1 is 1.20 bits per heavy atom. The molecule has 2 atom stereocenters. The van der Waals surface area contributed by atoms with Crippen molar-refractivity contribution >= 4 is 5.97 Å². The molecule has 0 heterocycles. The van der Waals surface area contributed by atoms with E-state index in [9.17, 15) is 10.1 Å². The SMILES string of the molecule is CCC(C)[C@H](NCc1ccc(-c2ccccc2C#N)cc1)C(=O)OC. The van der Waals surface area contributed by atoms with E-state index >= 15 is 0 Å². The molecule has 0 fully saturated rings. The van der Waals surface area contributed by atoms with Crippen LogP contribution in [0.4, 0.5) is 0 Å². The summed E-state index contributed by atoms with van der Waals surface area (Å²) in [7, 11) is 1.42. The van der Waals surface area contributed by atoms with Crippen LogP contribution in [0.25, 0.3) is 11.1 Å². The third-order valence-electron chi connectivity index (χ3n) is 4.51. The van der Waals surface area contributed by atoms with Gasteiger partial charge in [-0.2, -0.15) is 5.26 Å². The van der Waals surface area contributed by atoms with Crippen molar-refractivity contribution in [2.45, 2.75) is 32.9 Å². The Kier molecular flexibility index (Phi) is 6.73. The molecule has 25 heavy (non-hydrogen) atoms. The molecule has 0 saturated heterocycles. The van der Waals surface area contributed by atoms with Crippen LogP contribution in [0, 0.1) is 17.2 Å². The predicted octanol–water partition coefficient (Wildman–Crippen LogP) is 3.90. The number of methoxy groups -OCH3 is 1. The Balaban J connectivity index is 2.10. The lowest BCUT2D eigenvalue weighted by molar-refractivity contribution is -0.144. The van der Waals surface area contributed by atoms with Gasteiger partial charge in [0.1, 0.15) is 6.04 Å². The Hall–Kier alpha value is -2.64. The number of hydrogen-bond acceptors (Lipinski definition) is 4. The molecule has 0 radical (unpaired) electrons. The van der Waals surface area contributed by atoms with Gasteiger partial charge in [-0.25, -0.2) is 0 Å². The third-order valence-corrected chi connectivity index (χ3v) is 4.51. The quantitative estimate of drug-likeness (QED) is 0.779. The first-order valence-corrected chi connectivity index (χ1v) is 8.50. The summed E-state index contributed by atoms with van der Waals surface area (Å²) in [6.07, 6.45) is 0.899. The fourth-order valence-electron chi connectivity index (χ4n) is 2.74. The smallest absolute Gasteiger partial charge is 0.323 e. The van der Waals surface area contributed by atoms with Gasteiger partial charge < -0.3 is 10.1 Å². The predicted molar refractivity (Wildman–Crippen MR) is 98.7 cm³/mol. The van der Waals surface area contributed by atoms with Crippen molar-refractivity contribution in [2.75, 3.05) is 7.11 Å². The van der Waals surface area contributed by atoms with Gasteiger partial charge in [-0.05, 0) is 28.7 Å². The first-order chi connectivity index (χ1) is 12.1. The molecule has 0 bridgehead atoms. The van der Waals surface area contributed by atoms with Crippen molar-refractivity contribution in [3.63, 3.8) is 0 Å². The molecule has 0 aliphatic rings. The average molecular weight is 336 g/mol. The highest BCUT2D eigenvalue weighted by Crippen LogP contribution is 2.23. The number of rotatable bonds is 7. The van der Waals surface area contributed by atoms with Crippen LogP contribution in [0.5, 0.6) is 0 Å². The standard InChI is InChI=1S/C21H24N2O2/c1-4-15(2)20(21(24)25-3)23-14-16-9-11-17(12-10-16)19-8-6-5-7-18(19)13-22/h5-12,15,20,23H,4,14H2,1-3H3/t15?,20-/m0/s1. The van der Waals surface area contributed by atoms with E-state index in [0.717, 1.165) is 23.1 Å². The molecule has 0 spiro atoms. The molecule has 2 aromatic carbocycles. The van der Waals surface area contributed by atoms with Gasteiger partial charge in [-0.15, -0.1) is 0 Å². The minimum Gasteiger partial charge on any atom is -0.468 e. The normalized spacial score (nSPS) is 12.9.